The molecule has 17 heavy (non-hydrogen) atoms. The van der Waals surface area contributed by atoms with Crippen LogP contribution in [0.3, 0.4) is 0 Å². The molecule has 1 aliphatic heterocycles. The van der Waals surface area contributed by atoms with Crippen LogP contribution in [0.4, 0.5) is 0 Å². The molecular formula is C13H21N3O. The molecule has 0 amide bonds. The van der Waals surface area contributed by atoms with E-state index in [1.54, 1.807) is 0 Å². The van der Waals surface area contributed by atoms with Gasteiger partial charge in [0.05, 0.1) is 17.8 Å². The number of imidazole rings is 1. The number of hydrogen-bond donors (Lipinski definition) is 2. The Labute approximate surface area is 102 Å². The zero-order valence-corrected chi connectivity index (χ0v) is 10.4. The third-order valence-corrected chi connectivity index (χ3v) is 4.13. The Kier molecular flexibility index (Phi) is 2.92. The predicted molar refractivity (Wildman–Crippen MR) is 65.9 cm³/mol. The molecule has 2 atom stereocenters. The van der Waals surface area contributed by atoms with Gasteiger partial charge in [0.25, 0.3) is 0 Å². The Balaban J connectivity index is 1.98. The van der Waals surface area contributed by atoms with Crippen LogP contribution in [0.15, 0.2) is 0 Å². The maximum atomic E-state index is 10.2. The van der Waals surface area contributed by atoms with Gasteiger partial charge in [-0.1, -0.05) is 12.8 Å². The molecule has 0 saturated heterocycles. The van der Waals surface area contributed by atoms with Gasteiger partial charge in [-0.3, -0.25) is 0 Å². The van der Waals surface area contributed by atoms with E-state index >= 15 is 0 Å². The van der Waals surface area contributed by atoms with Crippen LogP contribution >= 0.6 is 0 Å². The Morgan fingerprint density at radius 1 is 1.35 bits per heavy atom. The summed E-state index contributed by atoms with van der Waals surface area (Å²) in [6.07, 6.45) is 5.28. The first-order chi connectivity index (χ1) is 8.27. The highest BCUT2D eigenvalue weighted by molar-refractivity contribution is 5.21. The number of rotatable bonds is 1. The summed E-state index contributed by atoms with van der Waals surface area (Å²) in [6.45, 7) is 3.98. The SMILES string of the molecule is Cc1nc2c(n1C1CCCCC1O)CCNC2. The van der Waals surface area contributed by atoms with E-state index in [0.717, 1.165) is 44.6 Å². The third kappa shape index (κ3) is 1.89. The Bertz CT molecular complexity index is 413. The number of fused-ring (bicyclic) bond motifs is 1. The molecule has 2 unspecified atom stereocenters. The molecule has 4 nitrogen and oxygen atoms in total. The Morgan fingerprint density at radius 3 is 3.00 bits per heavy atom. The molecule has 1 fully saturated rings. The lowest BCUT2D eigenvalue weighted by molar-refractivity contribution is 0.0730. The van der Waals surface area contributed by atoms with Gasteiger partial charge in [0.1, 0.15) is 5.82 Å². The number of aromatic nitrogens is 2. The fourth-order valence-electron chi connectivity index (χ4n) is 3.30. The number of nitrogens with zero attached hydrogens (tertiary/aromatic N) is 2. The molecular weight excluding hydrogens is 214 g/mol. The zero-order chi connectivity index (χ0) is 11.8. The van der Waals surface area contributed by atoms with Crippen molar-refractivity contribution in [2.24, 2.45) is 0 Å². The van der Waals surface area contributed by atoms with Crippen molar-refractivity contribution in [1.82, 2.24) is 14.9 Å². The van der Waals surface area contributed by atoms with Crippen LogP contribution in [0.2, 0.25) is 0 Å². The van der Waals surface area contributed by atoms with Crippen molar-refractivity contribution in [3.63, 3.8) is 0 Å². The van der Waals surface area contributed by atoms with Gasteiger partial charge in [-0.05, 0) is 19.8 Å². The molecule has 2 heterocycles. The van der Waals surface area contributed by atoms with Gasteiger partial charge in [-0.25, -0.2) is 4.98 Å². The van der Waals surface area contributed by atoms with Crippen LogP contribution in [0, 0.1) is 6.92 Å². The number of aliphatic hydroxyl groups is 1. The molecule has 1 aromatic rings. The van der Waals surface area contributed by atoms with Gasteiger partial charge in [0.15, 0.2) is 0 Å². The highest BCUT2D eigenvalue weighted by Gasteiger charge is 2.29. The lowest BCUT2D eigenvalue weighted by Gasteiger charge is -2.31. The smallest absolute Gasteiger partial charge is 0.106 e. The predicted octanol–water partition coefficient (Wildman–Crippen LogP) is 1.31. The maximum absolute atomic E-state index is 10.2. The second kappa shape index (κ2) is 4.42. The number of aliphatic hydroxyl groups excluding tert-OH is 1. The van der Waals surface area contributed by atoms with E-state index in [1.165, 1.54) is 17.8 Å². The van der Waals surface area contributed by atoms with Crippen LogP contribution in [0.25, 0.3) is 0 Å². The second-order valence-corrected chi connectivity index (χ2v) is 5.27. The molecule has 0 aromatic carbocycles. The summed E-state index contributed by atoms with van der Waals surface area (Å²) in [6, 6.07) is 0.262. The lowest BCUT2D eigenvalue weighted by Crippen LogP contribution is -2.32. The first kappa shape index (κ1) is 11.2. The van der Waals surface area contributed by atoms with Gasteiger partial charge >= 0.3 is 0 Å². The third-order valence-electron chi connectivity index (χ3n) is 4.13. The minimum atomic E-state index is -0.185. The standard InChI is InChI=1S/C13H21N3O/c1-9-15-10-8-14-7-6-11(10)16(9)12-4-2-3-5-13(12)17/h12-14,17H,2-8H2,1H3. The van der Waals surface area contributed by atoms with E-state index in [-0.39, 0.29) is 12.1 Å². The van der Waals surface area contributed by atoms with Crippen molar-refractivity contribution in [2.45, 2.75) is 57.7 Å². The Hall–Kier alpha value is -0.870. The lowest BCUT2D eigenvalue weighted by atomic mass is 9.92. The summed E-state index contributed by atoms with van der Waals surface area (Å²) in [5, 5.41) is 13.6. The monoisotopic (exact) mass is 235 g/mol. The van der Waals surface area contributed by atoms with Gasteiger partial charge in [0.2, 0.25) is 0 Å². The van der Waals surface area contributed by atoms with Gasteiger partial charge in [-0.2, -0.15) is 0 Å². The van der Waals surface area contributed by atoms with E-state index < -0.39 is 0 Å². The van der Waals surface area contributed by atoms with Crippen molar-refractivity contribution in [2.75, 3.05) is 6.54 Å². The molecule has 0 radical (unpaired) electrons. The highest BCUT2D eigenvalue weighted by atomic mass is 16.3. The van der Waals surface area contributed by atoms with E-state index in [9.17, 15) is 5.11 Å². The largest absolute Gasteiger partial charge is 0.391 e. The van der Waals surface area contributed by atoms with E-state index in [4.69, 9.17) is 0 Å². The molecule has 3 rings (SSSR count). The number of aryl methyl sites for hydroxylation is 1. The summed E-state index contributed by atoms with van der Waals surface area (Å²) in [7, 11) is 0. The molecule has 1 aromatic heterocycles. The molecule has 94 valence electrons. The molecule has 1 aliphatic carbocycles. The number of nitrogens with one attached hydrogen (secondary N) is 1. The molecule has 2 aliphatic rings. The van der Waals surface area contributed by atoms with Crippen molar-refractivity contribution < 1.29 is 5.11 Å². The van der Waals surface area contributed by atoms with Crippen LogP contribution in [0.1, 0.15) is 48.9 Å². The summed E-state index contributed by atoms with van der Waals surface area (Å²) in [5.74, 6) is 1.07. The van der Waals surface area contributed by atoms with Crippen LogP contribution in [0.5, 0.6) is 0 Å². The minimum absolute atomic E-state index is 0.185. The fraction of sp³-hybridized carbons (Fsp3) is 0.769. The van der Waals surface area contributed by atoms with Crippen molar-refractivity contribution in [1.29, 1.82) is 0 Å². The van der Waals surface area contributed by atoms with E-state index in [1.807, 2.05) is 0 Å². The zero-order valence-electron chi connectivity index (χ0n) is 10.4. The van der Waals surface area contributed by atoms with Crippen molar-refractivity contribution in [3.05, 3.63) is 17.2 Å². The number of hydrogen-bond acceptors (Lipinski definition) is 3. The molecule has 0 bridgehead atoms. The van der Waals surface area contributed by atoms with Gasteiger partial charge in [0, 0.05) is 25.2 Å². The van der Waals surface area contributed by atoms with Crippen molar-refractivity contribution in [3.8, 4) is 0 Å². The average molecular weight is 235 g/mol. The highest BCUT2D eigenvalue weighted by Crippen LogP contribution is 2.32. The molecule has 2 N–H and O–H groups in total. The summed E-state index contributed by atoms with van der Waals surface area (Å²) in [4.78, 5) is 4.65. The first-order valence-corrected chi connectivity index (χ1v) is 6.72. The van der Waals surface area contributed by atoms with E-state index in [0.29, 0.717) is 0 Å². The molecule has 0 spiro atoms. The van der Waals surface area contributed by atoms with Crippen LogP contribution in [-0.4, -0.2) is 27.3 Å². The summed E-state index contributed by atoms with van der Waals surface area (Å²) >= 11 is 0. The van der Waals surface area contributed by atoms with Gasteiger partial charge in [-0.15, -0.1) is 0 Å². The average Bonchev–Trinajstić information content (AvgIpc) is 2.66. The van der Waals surface area contributed by atoms with Crippen LogP contribution in [-0.2, 0) is 13.0 Å². The molecule has 1 saturated carbocycles. The quantitative estimate of drug-likeness (QED) is 0.771. The molecule has 4 heteroatoms. The van der Waals surface area contributed by atoms with Gasteiger partial charge < -0.3 is 15.0 Å². The second-order valence-electron chi connectivity index (χ2n) is 5.27. The van der Waals surface area contributed by atoms with Crippen molar-refractivity contribution >= 4 is 0 Å². The normalized spacial score (nSPS) is 29.1. The van der Waals surface area contributed by atoms with E-state index in [2.05, 4.69) is 21.8 Å². The van der Waals surface area contributed by atoms with Crippen LogP contribution < -0.4 is 5.32 Å². The Morgan fingerprint density at radius 2 is 2.18 bits per heavy atom. The fourth-order valence-corrected chi connectivity index (χ4v) is 3.30. The minimum Gasteiger partial charge on any atom is -0.391 e. The summed E-state index contributed by atoms with van der Waals surface area (Å²) in [5.41, 5.74) is 2.54. The topological polar surface area (TPSA) is 50.1 Å². The first-order valence-electron chi connectivity index (χ1n) is 6.72. The maximum Gasteiger partial charge on any atom is 0.106 e. The summed E-state index contributed by atoms with van der Waals surface area (Å²) < 4.78 is 2.32.